The number of nitrogens with zero attached hydrogens (tertiary/aromatic N) is 3. The number of hydrogen-bond donors (Lipinski definition) is 2. The molecule has 0 aliphatic rings. The minimum atomic E-state index is -0.370. The molecule has 9 heteroatoms. The molecule has 0 fully saturated rings. The number of thioether (sulfide) groups is 1. The minimum absolute atomic E-state index is 0.00108. The molecule has 0 spiro atoms. The summed E-state index contributed by atoms with van der Waals surface area (Å²) in [6.07, 6.45) is 0. The third kappa shape index (κ3) is 6.92. The molecule has 0 saturated heterocycles. The highest BCUT2D eigenvalue weighted by atomic mass is 32.2. The molecule has 202 valence electrons. The van der Waals surface area contributed by atoms with E-state index in [1.54, 1.807) is 0 Å². The topological polar surface area (TPSA) is 88.9 Å². The van der Waals surface area contributed by atoms with Crippen molar-refractivity contribution >= 4 is 29.3 Å². The summed E-state index contributed by atoms with van der Waals surface area (Å²) in [7, 11) is 0. The van der Waals surface area contributed by atoms with E-state index < -0.39 is 0 Å². The number of amides is 2. The van der Waals surface area contributed by atoms with Gasteiger partial charge in [0, 0.05) is 11.3 Å². The Bertz CT molecular complexity index is 1470. The number of aromatic nitrogens is 3. The number of nitrogens with one attached hydrogen (secondary N) is 2. The second-order valence-corrected chi connectivity index (χ2v) is 11.2. The summed E-state index contributed by atoms with van der Waals surface area (Å²) in [5.41, 5.74) is 5.24. The Morgan fingerprint density at radius 1 is 0.949 bits per heavy atom. The summed E-state index contributed by atoms with van der Waals surface area (Å²) in [6.45, 7) is 10.6. The molecule has 7 nitrogen and oxygen atoms in total. The van der Waals surface area contributed by atoms with Gasteiger partial charge in [-0.1, -0.05) is 56.8 Å². The summed E-state index contributed by atoms with van der Waals surface area (Å²) >= 11 is 1.23. The molecule has 4 rings (SSSR count). The number of hydrogen-bond acceptors (Lipinski definition) is 5. The van der Waals surface area contributed by atoms with Crippen molar-refractivity contribution in [1.82, 2.24) is 20.1 Å². The Hall–Kier alpha value is -3.98. The number of halogens is 1. The van der Waals surface area contributed by atoms with Gasteiger partial charge in [-0.25, -0.2) is 4.39 Å². The van der Waals surface area contributed by atoms with Crippen LogP contribution in [0.15, 0.2) is 71.9 Å². The summed E-state index contributed by atoms with van der Waals surface area (Å²) < 4.78 is 15.0. The molecule has 2 amide bonds. The Balaban J connectivity index is 1.52. The number of benzene rings is 3. The van der Waals surface area contributed by atoms with Crippen molar-refractivity contribution in [3.63, 3.8) is 0 Å². The van der Waals surface area contributed by atoms with Gasteiger partial charge in [-0.05, 0) is 78.4 Å². The molecule has 39 heavy (non-hydrogen) atoms. The van der Waals surface area contributed by atoms with Gasteiger partial charge >= 0.3 is 0 Å². The van der Waals surface area contributed by atoms with E-state index in [9.17, 15) is 14.0 Å². The molecule has 1 aromatic heterocycles. The second kappa shape index (κ2) is 11.8. The van der Waals surface area contributed by atoms with Gasteiger partial charge in [0.1, 0.15) is 5.82 Å². The zero-order valence-corrected chi connectivity index (χ0v) is 23.5. The van der Waals surface area contributed by atoms with Gasteiger partial charge in [0.2, 0.25) is 5.91 Å². The summed E-state index contributed by atoms with van der Waals surface area (Å²) in [4.78, 5) is 25.5. The normalized spacial score (nSPS) is 11.3. The Morgan fingerprint density at radius 3 is 2.31 bits per heavy atom. The SMILES string of the molecule is Cc1cccc(-n2c(CNC(=O)c3ccc(C(C)(C)C)cc3)nnc2SCC(=O)Nc2ccc(F)cc2)c1C. The molecule has 0 atom stereocenters. The molecule has 2 N–H and O–H groups in total. The van der Waals surface area contributed by atoms with Crippen LogP contribution in [0.2, 0.25) is 0 Å². The fourth-order valence-corrected chi connectivity index (χ4v) is 4.74. The Morgan fingerprint density at radius 2 is 1.64 bits per heavy atom. The average Bonchev–Trinajstić information content (AvgIpc) is 3.31. The van der Waals surface area contributed by atoms with Crippen LogP contribution in [0.4, 0.5) is 10.1 Å². The summed E-state index contributed by atoms with van der Waals surface area (Å²) in [5, 5.41) is 14.9. The smallest absolute Gasteiger partial charge is 0.251 e. The number of carbonyl (C=O) groups excluding carboxylic acids is 2. The van der Waals surface area contributed by atoms with Crippen molar-refractivity contribution in [3.8, 4) is 5.69 Å². The van der Waals surface area contributed by atoms with E-state index in [-0.39, 0.29) is 35.3 Å². The Labute approximate surface area is 232 Å². The highest BCUT2D eigenvalue weighted by Gasteiger charge is 2.19. The fourth-order valence-electron chi connectivity index (χ4n) is 3.97. The van der Waals surface area contributed by atoms with Gasteiger partial charge in [-0.3, -0.25) is 14.2 Å². The third-order valence-electron chi connectivity index (χ3n) is 6.40. The first-order valence-corrected chi connectivity index (χ1v) is 13.6. The van der Waals surface area contributed by atoms with Gasteiger partial charge in [0.15, 0.2) is 11.0 Å². The molecule has 1 heterocycles. The minimum Gasteiger partial charge on any atom is -0.345 e. The van der Waals surface area contributed by atoms with Crippen LogP contribution in [0.5, 0.6) is 0 Å². The number of aryl methyl sites for hydroxylation is 1. The van der Waals surface area contributed by atoms with E-state index in [1.807, 2.05) is 60.9 Å². The van der Waals surface area contributed by atoms with Gasteiger partial charge in [0.05, 0.1) is 18.0 Å². The third-order valence-corrected chi connectivity index (χ3v) is 7.33. The van der Waals surface area contributed by atoms with E-state index in [1.165, 1.54) is 36.0 Å². The predicted octanol–water partition coefficient (Wildman–Crippen LogP) is 5.98. The van der Waals surface area contributed by atoms with Crippen molar-refractivity contribution in [2.24, 2.45) is 0 Å². The quantitative estimate of drug-likeness (QED) is 0.266. The molecule has 0 saturated carbocycles. The first-order valence-electron chi connectivity index (χ1n) is 12.6. The maximum atomic E-state index is 13.2. The van der Waals surface area contributed by atoms with Crippen LogP contribution in [0, 0.1) is 19.7 Å². The summed E-state index contributed by atoms with van der Waals surface area (Å²) in [6, 6.07) is 19.1. The largest absolute Gasteiger partial charge is 0.345 e. The monoisotopic (exact) mass is 545 g/mol. The molecule has 0 bridgehead atoms. The van der Waals surface area contributed by atoms with Crippen LogP contribution < -0.4 is 10.6 Å². The van der Waals surface area contributed by atoms with Crippen LogP contribution >= 0.6 is 11.8 Å². The number of rotatable bonds is 8. The van der Waals surface area contributed by atoms with E-state index in [4.69, 9.17) is 0 Å². The van der Waals surface area contributed by atoms with Crippen molar-refractivity contribution < 1.29 is 14.0 Å². The van der Waals surface area contributed by atoms with E-state index in [2.05, 4.69) is 41.6 Å². The van der Waals surface area contributed by atoms with Crippen LogP contribution in [0.25, 0.3) is 5.69 Å². The lowest BCUT2D eigenvalue weighted by atomic mass is 9.87. The average molecular weight is 546 g/mol. The lowest BCUT2D eigenvalue weighted by Gasteiger charge is -2.19. The predicted molar refractivity (Wildman–Crippen MR) is 153 cm³/mol. The fraction of sp³-hybridized carbons (Fsp3) is 0.267. The first kappa shape index (κ1) is 28.0. The van der Waals surface area contributed by atoms with E-state index in [0.717, 1.165) is 22.4 Å². The van der Waals surface area contributed by atoms with Gasteiger partial charge in [0.25, 0.3) is 5.91 Å². The molecule has 0 unspecified atom stereocenters. The molecule has 4 aromatic rings. The molecule has 0 radical (unpaired) electrons. The van der Waals surface area contributed by atoms with Crippen LogP contribution in [0.3, 0.4) is 0 Å². The van der Waals surface area contributed by atoms with Crippen molar-refractivity contribution in [2.75, 3.05) is 11.1 Å². The van der Waals surface area contributed by atoms with Gasteiger partial charge in [-0.15, -0.1) is 10.2 Å². The molecular weight excluding hydrogens is 513 g/mol. The van der Waals surface area contributed by atoms with Crippen LogP contribution in [-0.2, 0) is 16.8 Å². The van der Waals surface area contributed by atoms with E-state index >= 15 is 0 Å². The Kier molecular flexibility index (Phi) is 8.50. The lowest BCUT2D eigenvalue weighted by molar-refractivity contribution is -0.113. The van der Waals surface area contributed by atoms with Gasteiger partial charge < -0.3 is 10.6 Å². The molecule has 0 aliphatic heterocycles. The molecule has 0 aliphatic carbocycles. The highest BCUT2D eigenvalue weighted by molar-refractivity contribution is 7.99. The molecule has 3 aromatic carbocycles. The van der Waals surface area contributed by atoms with E-state index in [0.29, 0.717) is 22.2 Å². The first-order chi connectivity index (χ1) is 18.5. The zero-order valence-electron chi connectivity index (χ0n) is 22.7. The van der Waals surface area contributed by atoms with Crippen molar-refractivity contribution in [2.45, 2.75) is 51.7 Å². The maximum Gasteiger partial charge on any atom is 0.251 e. The number of anilines is 1. The van der Waals surface area contributed by atoms with Crippen LogP contribution in [0.1, 0.15) is 53.6 Å². The van der Waals surface area contributed by atoms with Gasteiger partial charge in [-0.2, -0.15) is 0 Å². The second-order valence-electron chi connectivity index (χ2n) is 10.3. The van der Waals surface area contributed by atoms with Crippen molar-refractivity contribution in [1.29, 1.82) is 0 Å². The maximum absolute atomic E-state index is 13.2. The standard InChI is InChI=1S/C30H32FN5O2S/c1-19-7-6-8-25(20(19)2)36-26(17-32-28(38)21-9-11-22(12-10-21)30(3,4)5)34-35-29(36)39-18-27(37)33-24-15-13-23(31)14-16-24/h6-16H,17-18H2,1-5H3,(H,32,38)(H,33,37). The highest BCUT2D eigenvalue weighted by Crippen LogP contribution is 2.26. The zero-order chi connectivity index (χ0) is 28.2. The lowest BCUT2D eigenvalue weighted by Crippen LogP contribution is -2.25. The van der Waals surface area contributed by atoms with Crippen molar-refractivity contribution in [3.05, 3.63) is 101 Å². The number of carbonyl (C=O) groups is 2. The molecular formula is C30H32FN5O2S. The summed E-state index contributed by atoms with van der Waals surface area (Å²) in [5.74, 6) is -0.211. The van der Waals surface area contributed by atoms with Crippen LogP contribution in [-0.4, -0.2) is 32.3 Å².